The van der Waals surface area contributed by atoms with Gasteiger partial charge in [0.2, 0.25) is 0 Å². The summed E-state index contributed by atoms with van der Waals surface area (Å²) >= 11 is 0. The van der Waals surface area contributed by atoms with E-state index in [4.69, 9.17) is 0 Å². The van der Waals surface area contributed by atoms with E-state index in [1.165, 1.54) is 11.1 Å². The number of hydrogen-bond acceptors (Lipinski definition) is 4. The molecule has 26 heavy (non-hydrogen) atoms. The van der Waals surface area contributed by atoms with Crippen molar-refractivity contribution in [3.63, 3.8) is 0 Å². The summed E-state index contributed by atoms with van der Waals surface area (Å²) < 4.78 is 1.92. The van der Waals surface area contributed by atoms with E-state index >= 15 is 0 Å². The molecule has 0 spiro atoms. The van der Waals surface area contributed by atoms with E-state index in [9.17, 15) is 5.11 Å². The highest BCUT2D eigenvalue weighted by Gasteiger charge is 2.31. The molecule has 0 aliphatic carbocycles. The second-order valence-corrected chi connectivity index (χ2v) is 7.29. The van der Waals surface area contributed by atoms with E-state index in [0.717, 1.165) is 44.0 Å². The van der Waals surface area contributed by atoms with Gasteiger partial charge in [0.05, 0.1) is 18.3 Å². The Balaban J connectivity index is 1.32. The molecule has 1 aromatic carbocycles. The van der Waals surface area contributed by atoms with Crippen molar-refractivity contribution in [2.24, 2.45) is 5.92 Å². The lowest BCUT2D eigenvalue weighted by molar-refractivity contribution is 0.140. The summed E-state index contributed by atoms with van der Waals surface area (Å²) in [6.07, 6.45) is 4.31. The van der Waals surface area contributed by atoms with Crippen LogP contribution < -0.4 is 0 Å². The van der Waals surface area contributed by atoms with Crippen LogP contribution in [0.3, 0.4) is 0 Å². The molecule has 0 amide bonds. The van der Waals surface area contributed by atoms with Gasteiger partial charge in [0.15, 0.2) is 0 Å². The van der Waals surface area contributed by atoms with Crippen molar-refractivity contribution in [1.29, 1.82) is 0 Å². The van der Waals surface area contributed by atoms with Gasteiger partial charge < -0.3 is 5.11 Å². The molecule has 3 heterocycles. The fraction of sp³-hybridized carbons (Fsp3) is 0.400. The molecule has 4 rings (SSSR count). The topological polar surface area (TPSA) is 70.0 Å². The second-order valence-electron chi connectivity index (χ2n) is 7.29. The van der Waals surface area contributed by atoms with Crippen molar-refractivity contribution in [3.05, 3.63) is 71.3 Å². The van der Waals surface area contributed by atoms with Crippen molar-refractivity contribution < 1.29 is 5.11 Å². The van der Waals surface area contributed by atoms with Gasteiger partial charge in [0.25, 0.3) is 0 Å². The van der Waals surface area contributed by atoms with Gasteiger partial charge in [0, 0.05) is 43.6 Å². The maximum absolute atomic E-state index is 10.4. The summed E-state index contributed by atoms with van der Waals surface area (Å²) in [6.45, 7) is 5.30. The Hall–Kier alpha value is -2.44. The van der Waals surface area contributed by atoms with Crippen LogP contribution in [0.4, 0.5) is 0 Å². The van der Waals surface area contributed by atoms with Crippen LogP contribution in [-0.4, -0.2) is 49.2 Å². The molecular formula is C20H25N5O. The van der Waals surface area contributed by atoms with Crippen molar-refractivity contribution in [3.8, 4) is 0 Å². The first-order valence-corrected chi connectivity index (χ1v) is 9.12. The van der Waals surface area contributed by atoms with Gasteiger partial charge in [-0.15, -0.1) is 0 Å². The van der Waals surface area contributed by atoms with Crippen molar-refractivity contribution in [2.75, 3.05) is 13.1 Å². The van der Waals surface area contributed by atoms with Gasteiger partial charge >= 0.3 is 0 Å². The minimum absolute atomic E-state index is 0.247. The van der Waals surface area contributed by atoms with Gasteiger partial charge in [-0.2, -0.15) is 10.2 Å². The number of aromatic amines is 1. The van der Waals surface area contributed by atoms with E-state index in [-0.39, 0.29) is 12.0 Å². The predicted molar refractivity (Wildman–Crippen MR) is 99.6 cm³/mol. The number of aliphatic hydroxyl groups excluding tert-OH is 1. The smallest absolute Gasteiger partial charge is 0.0711 e. The Labute approximate surface area is 153 Å². The molecular weight excluding hydrogens is 326 g/mol. The molecule has 136 valence electrons. The van der Waals surface area contributed by atoms with Crippen LogP contribution in [0.5, 0.6) is 0 Å². The highest BCUT2D eigenvalue weighted by Crippen LogP contribution is 2.23. The lowest BCUT2D eigenvalue weighted by Crippen LogP contribution is -2.21. The number of rotatable bonds is 6. The van der Waals surface area contributed by atoms with Crippen LogP contribution >= 0.6 is 0 Å². The summed E-state index contributed by atoms with van der Waals surface area (Å²) in [5, 5.41) is 21.9. The Morgan fingerprint density at radius 2 is 1.92 bits per heavy atom. The van der Waals surface area contributed by atoms with Crippen molar-refractivity contribution in [1.82, 2.24) is 24.9 Å². The van der Waals surface area contributed by atoms with Gasteiger partial charge in [-0.3, -0.25) is 14.7 Å². The van der Waals surface area contributed by atoms with Gasteiger partial charge in [0.1, 0.15) is 0 Å². The average Bonchev–Trinajstić information content (AvgIpc) is 3.34. The zero-order valence-electron chi connectivity index (χ0n) is 15.0. The molecule has 3 aromatic rings. The highest BCUT2D eigenvalue weighted by atomic mass is 16.3. The highest BCUT2D eigenvalue weighted by molar-refractivity contribution is 5.23. The number of β-amino-alcohol motifs (C(OH)–C–C–N with tert-alkyl or cyclic N) is 1. The number of nitrogens with one attached hydrogen (secondary N) is 1. The van der Waals surface area contributed by atoms with Crippen molar-refractivity contribution in [2.45, 2.75) is 32.5 Å². The van der Waals surface area contributed by atoms with E-state index in [2.05, 4.69) is 50.5 Å². The summed E-state index contributed by atoms with van der Waals surface area (Å²) in [6, 6.07) is 12.7. The molecule has 6 heteroatoms. The Kier molecular flexibility index (Phi) is 4.86. The summed E-state index contributed by atoms with van der Waals surface area (Å²) in [5.41, 5.74) is 4.62. The summed E-state index contributed by atoms with van der Waals surface area (Å²) in [7, 11) is 0. The third-order valence-corrected chi connectivity index (χ3v) is 5.05. The van der Waals surface area contributed by atoms with Gasteiger partial charge in [-0.1, -0.05) is 24.3 Å². The number of hydrogen-bond donors (Lipinski definition) is 2. The molecule has 2 aromatic heterocycles. The normalized spacial score (nSPS) is 20.7. The minimum atomic E-state index is -0.286. The zero-order chi connectivity index (χ0) is 17.9. The van der Waals surface area contributed by atoms with Crippen LogP contribution in [0, 0.1) is 12.8 Å². The molecule has 1 saturated heterocycles. The number of likely N-dealkylation sites (tertiary alicyclic amines) is 1. The Morgan fingerprint density at radius 1 is 1.15 bits per heavy atom. The van der Waals surface area contributed by atoms with Crippen LogP contribution in [0.25, 0.3) is 0 Å². The standard InChI is InChI=1S/C20H25N5O/c1-15-9-19(23-22-15)10-18-13-24(14-20(18)26)11-16-3-5-17(6-4-16)12-25-8-2-7-21-25/h2-9,18,20,26H,10-14H2,1H3,(H,22,23)/t18-,20-/m1/s1. The fourth-order valence-corrected chi connectivity index (χ4v) is 3.71. The molecule has 1 aliphatic heterocycles. The number of aromatic nitrogens is 4. The van der Waals surface area contributed by atoms with E-state index in [1.54, 1.807) is 6.20 Å². The first kappa shape index (κ1) is 17.0. The van der Waals surface area contributed by atoms with Crippen LogP contribution in [0.15, 0.2) is 48.8 Å². The zero-order valence-corrected chi connectivity index (χ0v) is 15.0. The Bertz CT molecular complexity index is 824. The summed E-state index contributed by atoms with van der Waals surface area (Å²) in [4.78, 5) is 2.33. The molecule has 2 atom stereocenters. The summed E-state index contributed by atoms with van der Waals surface area (Å²) in [5.74, 6) is 0.247. The fourth-order valence-electron chi connectivity index (χ4n) is 3.71. The molecule has 1 fully saturated rings. The van der Waals surface area contributed by atoms with E-state index < -0.39 is 0 Å². The lowest BCUT2D eigenvalue weighted by atomic mass is 10.0. The third kappa shape index (κ3) is 4.03. The third-order valence-electron chi connectivity index (χ3n) is 5.05. The number of aliphatic hydroxyl groups is 1. The van der Waals surface area contributed by atoms with Crippen molar-refractivity contribution >= 4 is 0 Å². The van der Waals surface area contributed by atoms with Crippen LogP contribution in [-0.2, 0) is 19.5 Å². The van der Waals surface area contributed by atoms with E-state index in [0.29, 0.717) is 0 Å². The molecule has 0 unspecified atom stereocenters. The predicted octanol–water partition coefficient (Wildman–Crippen LogP) is 2.00. The van der Waals surface area contributed by atoms with E-state index in [1.807, 2.05) is 23.9 Å². The molecule has 0 saturated carbocycles. The van der Waals surface area contributed by atoms with Gasteiger partial charge in [-0.05, 0) is 36.6 Å². The molecule has 0 bridgehead atoms. The lowest BCUT2D eigenvalue weighted by Gasteiger charge is -2.15. The largest absolute Gasteiger partial charge is 0.391 e. The number of H-pyrrole nitrogens is 1. The average molecular weight is 351 g/mol. The monoisotopic (exact) mass is 351 g/mol. The van der Waals surface area contributed by atoms with Crippen LogP contribution in [0.2, 0.25) is 0 Å². The minimum Gasteiger partial charge on any atom is -0.391 e. The molecule has 1 aliphatic rings. The number of benzene rings is 1. The quantitative estimate of drug-likeness (QED) is 0.713. The molecule has 0 radical (unpaired) electrons. The SMILES string of the molecule is Cc1cc(C[C@@H]2CN(Cc3ccc(Cn4cccn4)cc3)C[C@H]2O)n[nH]1. The first-order valence-electron chi connectivity index (χ1n) is 9.12. The number of aryl methyl sites for hydroxylation is 1. The number of nitrogens with zero attached hydrogens (tertiary/aromatic N) is 4. The first-order chi connectivity index (χ1) is 12.7. The molecule has 2 N–H and O–H groups in total. The molecule has 6 nitrogen and oxygen atoms in total. The van der Waals surface area contributed by atoms with Crippen LogP contribution in [0.1, 0.15) is 22.5 Å². The maximum atomic E-state index is 10.4. The maximum Gasteiger partial charge on any atom is 0.0711 e. The van der Waals surface area contributed by atoms with Gasteiger partial charge in [-0.25, -0.2) is 0 Å². The Morgan fingerprint density at radius 3 is 2.58 bits per heavy atom. The second kappa shape index (κ2) is 7.43.